The number of ether oxygens (including phenoxy) is 1. The molecule has 1 aliphatic rings. The van der Waals surface area contributed by atoms with E-state index in [9.17, 15) is 0 Å². The van der Waals surface area contributed by atoms with Crippen molar-refractivity contribution in [1.82, 2.24) is 4.98 Å². The summed E-state index contributed by atoms with van der Waals surface area (Å²) < 4.78 is 5.95. The van der Waals surface area contributed by atoms with Crippen molar-refractivity contribution in [1.29, 1.82) is 0 Å². The first-order valence-electron chi connectivity index (χ1n) is 6.55. The third kappa shape index (κ3) is 3.67. The molecule has 1 aromatic heterocycles. The smallest absolute Gasteiger partial charge is 0.234 e. The molecule has 1 aliphatic carbocycles. The fourth-order valence-corrected chi connectivity index (χ4v) is 3.45. The molecule has 5 heteroatoms. The Hall–Kier alpha value is -0.670. The number of hydrogen-bond acceptors (Lipinski definition) is 3. The van der Waals surface area contributed by atoms with Gasteiger partial charge in [0.25, 0.3) is 0 Å². The van der Waals surface area contributed by atoms with Crippen LogP contribution in [0.25, 0.3) is 0 Å². The predicted octanol–water partition coefficient (Wildman–Crippen LogP) is 4.56. The topological polar surface area (TPSA) is 48.1 Å². The van der Waals surface area contributed by atoms with Gasteiger partial charge < -0.3 is 10.5 Å². The number of nitrogens with two attached hydrogens (primary N) is 1. The van der Waals surface area contributed by atoms with Crippen molar-refractivity contribution >= 4 is 29.0 Å². The van der Waals surface area contributed by atoms with Gasteiger partial charge in [-0.25, -0.2) is 0 Å². The van der Waals surface area contributed by atoms with Gasteiger partial charge in [-0.15, -0.1) is 0 Å². The summed E-state index contributed by atoms with van der Waals surface area (Å²) in [5, 5.41) is 0.768. The molecule has 1 saturated carbocycles. The van der Waals surface area contributed by atoms with Crippen LogP contribution in [0.2, 0.25) is 10.0 Å². The fraction of sp³-hybridized carbons (Fsp3) is 0.643. The first-order chi connectivity index (χ1) is 8.77. The van der Waals surface area contributed by atoms with E-state index < -0.39 is 0 Å². The van der Waals surface area contributed by atoms with Gasteiger partial charge in [-0.2, -0.15) is 4.98 Å². The first kappa shape index (κ1) is 14.7. The van der Waals surface area contributed by atoms with Gasteiger partial charge in [0.15, 0.2) is 0 Å². The molecule has 3 nitrogen and oxygen atoms in total. The molecule has 0 radical (unpaired) electrons. The van der Waals surface area contributed by atoms with Crippen molar-refractivity contribution in [3.05, 3.63) is 16.1 Å². The molecule has 0 spiro atoms. The molecule has 106 valence electrons. The van der Waals surface area contributed by atoms with Crippen LogP contribution >= 0.6 is 23.2 Å². The number of anilines is 1. The Morgan fingerprint density at radius 2 is 2.00 bits per heavy atom. The number of aromatic nitrogens is 1. The van der Waals surface area contributed by atoms with Crippen molar-refractivity contribution in [3.8, 4) is 5.88 Å². The molecule has 19 heavy (non-hydrogen) atoms. The third-order valence-corrected chi connectivity index (χ3v) is 4.12. The van der Waals surface area contributed by atoms with Gasteiger partial charge in [-0.05, 0) is 36.7 Å². The maximum atomic E-state index is 6.10. The van der Waals surface area contributed by atoms with Crippen molar-refractivity contribution in [2.75, 3.05) is 5.73 Å². The van der Waals surface area contributed by atoms with Crippen LogP contribution in [0.4, 0.5) is 5.82 Å². The first-order valence-corrected chi connectivity index (χ1v) is 7.30. The van der Waals surface area contributed by atoms with E-state index in [1.54, 1.807) is 6.07 Å². The van der Waals surface area contributed by atoms with Gasteiger partial charge in [0, 0.05) is 0 Å². The van der Waals surface area contributed by atoms with Crippen LogP contribution in [0.15, 0.2) is 6.07 Å². The highest BCUT2D eigenvalue weighted by Gasteiger charge is 2.33. The quantitative estimate of drug-likeness (QED) is 0.871. The zero-order chi connectivity index (χ0) is 14.2. The number of pyridine rings is 1. The SMILES string of the molecule is CC1CC(Oc2nc(N)c(Cl)cc2Cl)CC(C)(C)C1. The van der Waals surface area contributed by atoms with Crippen LogP contribution in [0, 0.1) is 11.3 Å². The summed E-state index contributed by atoms with van der Waals surface area (Å²) in [5.41, 5.74) is 5.98. The van der Waals surface area contributed by atoms with Gasteiger partial charge >= 0.3 is 0 Å². The summed E-state index contributed by atoms with van der Waals surface area (Å²) in [4.78, 5) is 4.13. The highest BCUT2D eigenvalue weighted by Crippen LogP contribution is 2.41. The van der Waals surface area contributed by atoms with Crippen LogP contribution in [0.5, 0.6) is 5.88 Å². The number of nitrogens with zero attached hydrogens (tertiary/aromatic N) is 1. The second-order valence-corrected chi connectivity index (χ2v) is 7.11. The van der Waals surface area contributed by atoms with E-state index in [2.05, 4.69) is 25.8 Å². The Morgan fingerprint density at radius 1 is 1.32 bits per heavy atom. The molecule has 0 saturated heterocycles. The van der Waals surface area contributed by atoms with Crippen LogP contribution in [0.3, 0.4) is 0 Å². The summed E-state index contributed by atoms with van der Waals surface area (Å²) >= 11 is 12.0. The minimum Gasteiger partial charge on any atom is -0.473 e. The lowest BCUT2D eigenvalue weighted by atomic mass is 9.71. The second kappa shape index (κ2) is 5.37. The summed E-state index contributed by atoms with van der Waals surface area (Å²) in [7, 11) is 0. The maximum Gasteiger partial charge on any atom is 0.234 e. The van der Waals surface area contributed by atoms with E-state index in [4.69, 9.17) is 33.7 Å². The Bertz CT molecular complexity index is 477. The molecule has 2 N–H and O–H groups in total. The van der Waals surface area contributed by atoms with Gasteiger partial charge in [0.1, 0.15) is 16.9 Å². The monoisotopic (exact) mass is 302 g/mol. The van der Waals surface area contributed by atoms with Gasteiger partial charge in [0.2, 0.25) is 5.88 Å². The van der Waals surface area contributed by atoms with E-state index in [1.165, 1.54) is 6.42 Å². The van der Waals surface area contributed by atoms with E-state index in [0.717, 1.165) is 12.8 Å². The average molecular weight is 303 g/mol. The lowest BCUT2D eigenvalue weighted by Crippen LogP contribution is -2.34. The van der Waals surface area contributed by atoms with Gasteiger partial charge in [0.05, 0.1) is 5.02 Å². The molecule has 0 aromatic carbocycles. The zero-order valence-electron chi connectivity index (χ0n) is 11.5. The number of nitrogen functional groups attached to an aromatic ring is 1. The van der Waals surface area contributed by atoms with E-state index in [0.29, 0.717) is 21.8 Å². The van der Waals surface area contributed by atoms with Crippen LogP contribution in [-0.2, 0) is 0 Å². The summed E-state index contributed by atoms with van der Waals surface area (Å²) in [6, 6.07) is 1.58. The number of halogens is 2. The van der Waals surface area contributed by atoms with Crippen molar-refractivity contribution < 1.29 is 4.74 Å². The fourth-order valence-electron chi connectivity index (χ4n) is 3.05. The Balaban J connectivity index is 2.15. The average Bonchev–Trinajstić information content (AvgIpc) is 2.22. The lowest BCUT2D eigenvalue weighted by molar-refractivity contribution is 0.0534. The molecule has 1 aromatic rings. The molecule has 1 heterocycles. The van der Waals surface area contributed by atoms with Gasteiger partial charge in [-0.1, -0.05) is 44.0 Å². The van der Waals surface area contributed by atoms with Gasteiger partial charge in [-0.3, -0.25) is 0 Å². The van der Waals surface area contributed by atoms with Crippen molar-refractivity contribution in [2.45, 2.75) is 46.1 Å². The van der Waals surface area contributed by atoms with E-state index in [-0.39, 0.29) is 17.3 Å². The highest BCUT2D eigenvalue weighted by molar-refractivity contribution is 6.36. The van der Waals surface area contributed by atoms with Crippen LogP contribution in [-0.4, -0.2) is 11.1 Å². The Labute approximate surface area is 124 Å². The Morgan fingerprint density at radius 3 is 2.63 bits per heavy atom. The summed E-state index contributed by atoms with van der Waals surface area (Å²) in [6.07, 6.45) is 3.36. The van der Waals surface area contributed by atoms with E-state index >= 15 is 0 Å². The predicted molar refractivity (Wildman–Crippen MR) is 79.9 cm³/mol. The van der Waals surface area contributed by atoms with E-state index in [1.807, 2.05) is 0 Å². The summed E-state index contributed by atoms with van der Waals surface area (Å²) in [6.45, 7) is 6.79. The molecule has 1 fully saturated rings. The molecular weight excluding hydrogens is 283 g/mol. The molecule has 0 amide bonds. The highest BCUT2D eigenvalue weighted by atomic mass is 35.5. The lowest BCUT2D eigenvalue weighted by Gasteiger charge is -2.38. The minimum absolute atomic E-state index is 0.129. The maximum absolute atomic E-state index is 6.10. The van der Waals surface area contributed by atoms with Crippen LogP contribution in [0.1, 0.15) is 40.0 Å². The molecule has 2 atom stereocenters. The summed E-state index contributed by atoms with van der Waals surface area (Å²) in [5.74, 6) is 1.28. The second-order valence-electron chi connectivity index (χ2n) is 6.30. The normalized spacial score (nSPS) is 26.2. The number of hydrogen-bond donors (Lipinski definition) is 1. The molecular formula is C14H20Cl2N2O. The largest absolute Gasteiger partial charge is 0.473 e. The standard InChI is InChI=1S/C14H20Cl2N2O/c1-8-4-9(7-14(2,3)6-8)19-13-11(16)5-10(15)12(17)18-13/h5,8-9H,4,6-7H2,1-3H3,(H2,17,18). The molecule has 2 unspecified atom stereocenters. The van der Waals surface area contributed by atoms with Crippen molar-refractivity contribution in [2.24, 2.45) is 11.3 Å². The van der Waals surface area contributed by atoms with Crippen LogP contribution < -0.4 is 10.5 Å². The Kier molecular flexibility index (Phi) is 4.17. The minimum atomic E-state index is 0.129. The zero-order valence-corrected chi connectivity index (χ0v) is 13.1. The molecule has 0 aliphatic heterocycles. The number of rotatable bonds is 2. The molecule has 0 bridgehead atoms. The third-order valence-electron chi connectivity index (χ3n) is 3.55. The van der Waals surface area contributed by atoms with Crippen molar-refractivity contribution in [3.63, 3.8) is 0 Å². The molecule has 2 rings (SSSR count).